The first-order valence-corrected chi connectivity index (χ1v) is 9.68. The third-order valence-corrected chi connectivity index (χ3v) is 5.37. The summed E-state index contributed by atoms with van der Waals surface area (Å²) >= 11 is 0. The van der Waals surface area contributed by atoms with Crippen LogP contribution >= 0.6 is 0 Å². The Morgan fingerprint density at radius 1 is 0.958 bits per heavy atom. The first kappa shape index (κ1) is 18.2. The Hall–Kier alpha value is -2.14. The van der Waals surface area contributed by atoms with Crippen LogP contribution in [0.4, 0.5) is 5.69 Å². The highest BCUT2D eigenvalue weighted by molar-refractivity contribution is 7.92. The molecular weight excluding hydrogens is 322 g/mol. The van der Waals surface area contributed by atoms with Gasteiger partial charge >= 0.3 is 0 Å². The van der Waals surface area contributed by atoms with E-state index in [1.165, 1.54) is 12.1 Å². The summed E-state index contributed by atoms with van der Waals surface area (Å²) < 4.78 is 28.3. The van der Waals surface area contributed by atoms with E-state index in [2.05, 4.69) is 4.72 Å². The Balaban J connectivity index is 2.45. The quantitative estimate of drug-likeness (QED) is 0.765. The van der Waals surface area contributed by atoms with Crippen molar-refractivity contribution in [3.8, 4) is 0 Å². The Labute approximate surface area is 144 Å². The topological polar surface area (TPSA) is 63.2 Å². The number of para-hydroxylation sites is 1. The van der Waals surface area contributed by atoms with Crippen LogP contribution in [0.5, 0.6) is 0 Å². The number of carbonyl (C=O) groups is 1. The van der Waals surface area contributed by atoms with Crippen LogP contribution in [0, 0.1) is 0 Å². The lowest BCUT2D eigenvalue weighted by Gasteiger charge is -2.16. The van der Waals surface area contributed by atoms with Gasteiger partial charge < -0.3 is 0 Å². The van der Waals surface area contributed by atoms with Gasteiger partial charge in [0.2, 0.25) is 0 Å². The second kappa shape index (κ2) is 7.62. The van der Waals surface area contributed by atoms with Crippen LogP contribution in [0.25, 0.3) is 0 Å². The van der Waals surface area contributed by atoms with E-state index < -0.39 is 10.0 Å². The maximum atomic E-state index is 12.8. The van der Waals surface area contributed by atoms with Gasteiger partial charge in [0.05, 0.1) is 10.6 Å². The molecule has 0 aliphatic rings. The van der Waals surface area contributed by atoms with Crippen LogP contribution in [-0.2, 0) is 22.9 Å². The standard InChI is InChI=1S/C19H23NO3S/c1-4-14-9-7-10-15(5-2)19(14)20-24(22,23)17-12-8-11-16(13-17)18(21)6-3/h7-13,20H,4-6H2,1-3H3. The molecule has 2 rings (SSSR count). The maximum absolute atomic E-state index is 12.8. The molecule has 0 heterocycles. The third kappa shape index (κ3) is 3.85. The average Bonchev–Trinajstić information content (AvgIpc) is 2.61. The molecule has 0 amide bonds. The van der Waals surface area contributed by atoms with E-state index in [1.54, 1.807) is 19.1 Å². The fourth-order valence-electron chi connectivity index (χ4n) is 2.61. The molecule has 0 radical (unpaired) electrons. The molecule has 128 valence electrons. The van der Waals surface area contributed by atoms with Crippen LogP contribution in [0.1, 0.15) is 48.7 Å². The number of nitrogens with one attached hydrogen (secondary N) is 1. The summed E-state index contributed by atoms with van der Waals surface area (Å²) in [4.78, 5) is 11.9. The van der Waals surface area contributed by atoms with Gasteiger partial charge in [0.15, 0.2) is 5.78 Å². The minimum absolute atomic E-state index is 0.0738. The van der Waals surface area contributed by atoms with E-state index in [0.717, 1.165) is 24.0 Å². The summed E-state index contributed by atoms with van der Waals surface area (Å²) in [6.07, 6.45) is 1.82. The highest BCUT2D eigenvalue weighted by atomic mass is 32.2. The highest BCUT2D eigenvalue weighted by Gasteiger charge is 2.19. The van der Waals surface area contributed by atoms with Crippen molar-refractivity contribution in [3.05, 3.63) is 59.2 Å². The van der Waals surface area contributed by atoms with Gasteiger partial charge in [-0.15, -0.1) is 0 Å². The molecule has 0 aliphatic heterocycles. The number of sulfonamides is 1. The van der Waals surface area contributed by atoms with E-state index in [0.29, 0.717) is 17.7 Å². The zero-order valence-electron chi connectivity index (χ0n) is 14.3. The van der Waals surface area contributed by atoms with Gasteiger partial charge in [-0.2, -0.15) is 0 Å². The van der Waals surface area contributed by atoms with Gasteiger partial charge in [-0.3, -0.25) is 9.52 Å². The molecule has 0 aromatic heterocycles. The van der Waals surface area contributed by atoms with Crippen molar-refractivity contribution in [2.45, 2.75) is 44.9 Å². The molecule has 5 heteroatoms. The molecule has 0 atom stereocenters. The fourth-order valence-corrected chi connectivity index (χ4v) is 3.80. The van der Waals surface area contributed by atoms with Crippen molar-refractivity contribution in [2.24, 2.45) is 0 Å². The fraction of sp³-hybridized carbons (Fsp3) is 0.316. The van der Waals surface area contributed by atoms with Crippen molar-refractivity contribution >= 4 is 21.5 Å². The molecule has 0 saturated heterocycles. The summed E-state index contributed by atoms with van der Waals surface area (Å²) in [7, 11) is -3.74. The van der Waals surface area contributed by atoms with Crippen LogP contribution in [0.2, 0.25) is 0 Å². The van der Waals surface area contributed by atoms with Crippen molar-refractivity contribution in [1.29, 1.82) is 0 Å². The predicted octanol–water partition coefficient (Wildman–Crippen LogP) is 4.20. The van der Waals surface area contributed by atoms with Crippen LogP contribution < -0.4 is 4.72 Å². The molecular formula is C19H23NO3S. The number of carbonyl (C=O) groups excluding carboxylic acids is 1. The minimum atomic E-state index is -3.74. The number of Topliss-reactive ketones (excluding diaryl/α,β-unsaturated/α-hetero) is 1. The largest absolute Gasteiger partial charge is 0.294 e. The van der Waals surface area contributed by atoms with Crippen molar-refractivity contribution in [3.63, 3.8) is 0 Å². The normalized spacial score (nSPS) is 11.3. The van der Waals surface area contributed by atoms with Gasteiger partial charge in [0.1, 0.15) is 0 Å². The van der Waals surface area contributed by atoms with Crippen LogP contribution in [-0.4, -0.2) is 14.2 Å². The Bertz CT molecular complexity index is 819. The zero-order chi connectivity index (χ0) is 17.7. The number of hydrogen-bond donors (Lipinski definition) is 1. The number of hydrogen-bond acceptors (Lipinski definition) is 3. The summed E-state index contributed by atoms with van der Waals surface area (Å²) in [5.41, 5.74) is 2.98. The van der Waals surface area contributed by atoms with E-state index in [9.17, 15) is 13.2 Å². The molecule has 0 spiro atoms. The van der Waals surface area contributed by atoms with E-state index in [1.807, 2.05) is 32.0 Å². The first-order valence-electron chi connectivity index (χ1n) is 8.19. The highest BCUT2D eigenvalue weighted by Crippen LogP contribution is 2.26. The number of anilines is 1. The van der Waals surface area contributed by atoms with Gasteiger partial charge in [0.25, 0.3) is 10.0 Å². The van der Waals surface area contributed by atoms with Gasteiger partial charge in [-0.05, 0) is 36.1 Å². The van der Waals surface area contributed by atoms with E-state index in [-0.39, 0.29) is 10.7 Å². The molecule has 24 heavy (non-hydrogen) atoms. The van der Waals surface area contributed by atoms with Crippen molar-refractivity contribution in [2.75, 3.05) is 4.72 Å². The minimum Gasteiger partial charge on any atom is -0.294 e. The molecule has 0 fully saturated rings. The average molecular weight is 345 g/mol. The third-order valence-electron chi connectivity index (χ3n) is 4.02. The smallest absolute Gasteiger partial charge is 0.261 e. The second-order valence-corrected chi connectivity index (χ2v) is 7.25. The van der Waals surface area contributed by atoms with Gasteiger partial charge in [0, 0.05) is 12.0 Å². The SMILES string of the molecule is CCC(=O)c1cccc(S(=O)(=O)Nc2c(CC)cccc2CC)c1. The molecule has 0 saturated carbocycles. The molecule has 4 nitrogen and oxygen atoms in total. The van der Waals surface area contributed by atoms with Crippen LogP contribution in [0.3, 0.4) is 0 Å². The second-order valence-electron chi connectivity index (χ2n) is 5.57. The lowest BCUT2D eigenvalue weighted by molar-refractivity contribution is 0.0988. The van der Waals surface area contributed by atoms with E-state index >= 15 is 0 Å². The van der Waals surface area contributed by atoms with E-state index in [4.69, 9.17) is 0 Å². The summed E-state index contributed by atoms with van der Waals surface area (Å²) in [6, 6.07) is 12.0. The molecule has 2 aromatic carbocycles. The van der Waals surface area contributed by atoms with Gasteiger partial charge in [-0.1, -0.05) is 51.1 Å². The number of aryl methyl sites for hydroxylation is 2. The van der Waals surface area contributed by atoms with Crippen molar-refractivity contribution < 1.29 is 13.2 Å². The van der Waals surface area contributed by atoms with Crippen molar-refractivity contribution in [1.82, 2.24) is 0 Å². The zero-order valence-corrected chi connectivity index (χ0v) is 15.1. The lowest BCUT2D eigenvalue weighted by Crippen LogP contribution is -2.16. The number of rotatable bonds is 7. The number of ketones is 1. The molecule has 1 N–H and O–H groups in total. The molecule has 0 aliphatic carbocycles. The lowest BCUT2D eigenvalue weighted by atomic mass is 10.0. The Morgan fingerprint density at radius 3 is 2.08 bits per heavy atom. The summed E-state index contributed by atoms with van der Waals surface area (Å²) in [5.74, 6) is -0.0738. The number of benzene rings is 2. The molecule has 2 aromatic rings. The Morgan fingerprint density at radius 2 is 1.54 bits per heavy atom. The maximum Gasteiger partial charge on any atom is 0.261 e. The van der Waals surface area contributed by atoms with Gasteiger partial charge in [-0.25, -0.2) is 8.42 Å². The van der Waals surface area contributed by atoms with Crippen LogP contribution in [0.15, 0.2) is 47.4 Å². The molecule has 0 unspecified atom stereocenters. The first-order chi connectivity index (χ1) is 11.4. The molecule has 0 bridgehead atoms. The summed E-state index contributed by atoms with van der Waals surface area (Å²) in [6.45, 7) is 5.74. The monoisotopic (exact) mass is 345 g/mol. The Kier molecular flexibility index (Phi) is 5.78. The summed E-state index contributed by atoms with van der Waals surface area (Å²) in [5, 5.41) is 0. The predicted molar refractivity (Wildman–Crippen MR) is 97.1 cm³/mol.